The van der Waals surface area contributed by atoms with Crippen molar-refractivity contribution in [1.29, 1.82) is 0 Å². The molecule has 1 aromatic heterocycles. The van der Waals surface area contributed by atoms with Crippen molar-refractivity contribution in [3.63, 3.8) is 0 Å². The molecule has 11 nitrogen and oxygen atoms in total. The van der Waals surface area contributed by atoms with Crippen molar-refractivity contribution in [3.05, 3.63) is 56.8 Å². The van der Waals surface area contributed by atoms with Crippen molar-refractivity contribution in [2.75, 3.05) is 51.8 Å². The third kappa shape index (κ3) is 4.43. The second kappa shape index (κ2) is 10.4. The van der Waals surface area contributed by atoms with Gasteiger partial charge in [-0.05, 0) is 36.6 Å². The van der Waals surface area contributed by atoms with Crippen LogP contribution in [0, 0.1) is 0 Å². The van der Waals surface area contributed by atoms with Crippen LogP contribution in [0.15, 0.2) is 46.1 Å². The van der Waals surface area contributed by atoms with Crippen molar-refractivity contribution in [2.24, 2.45) is 10.2 Å². The number of urea groups is 1. The highest BCUT2D eigenvalue weighted by Crippen LogP contribution is 2.49. The van der Waals surface area contributed by atoms with E-state index in [0.29, 0.717) is 52.7 Å². The number of piperazine rings is 1. The maximum atomic E-state index is 13.7. The Morgan fingerprint density at radius 2 is 2.03 bits per heavy atom. The second-order valence-corrected chi connectivity index (χ2v) is 10.8. The molecule has 1 aliphatic carbocycles. The number of rotatable bonds is 6. The fourth-order valence-electron chi connectivity index (χ4n) is 5.51. The number of methoxy groups -OCH3 is 1. The summed E-state index contributed by atoms with van der Waals surface area (Å²) in [4.78, 5) is 42.7. The van der Waals surface area contributed by atoms with Gasteiger partial charge in [0, 0.05) is 39.8 Å². The number of azo groups is 1. The topological polar surface area (TPSA) is 128 Å². The van der Waals surface area contributed by atoms with Crippen LogP contribution in [0.5, 0.6) is 0 Å². The minimum atomic E-state index is -0.517. The first-order chi connectivity index (χ1) is 18.5. The number of nitrogens with one attached hydrogen (secondary N) is 3. The summed E-state index contributed by atoms with van der Waals surface area (Å²) in [5.74, 6) is -0.216. The molecule has 2 atom stereocenters. The molecule has 4 aliphatic rings. The van der Waals surface area contributed by atoms with Gasteiger partial charge in [0.15, 0.2) is 5.78 Å². The molecule has 1 aromatic carbocycles. The summed E-state index contributed by atoms with van der Waals surface area (Å²) in [7, 11) is 1.65. The lowest BCUT2D eigenvalue weighted by atomic mass is 10.1. The highest BCUT2D eigenvalue weighted by molar-refractivity contribution is 7.15. The van der Waals surface area contributed by atoms with E-state index in [0.717, 1.165) is 37.4 Å². The van der Waals surface area contributed by atoms with Crippen molar-refractivity contribution in [1.82, 2.24) is 20.7 Å². The van der Waals surface area contributed by atoms with Gasteiger partial charge in [0.05, 0.1) is 39.2 Å². The number of thiophene rings is 1. The summed E-state index contributed by atoms with van der Waals surface area (Å²) in [5.41, 5.74) is 5.46. The van der Waals surface area contributed by atoms with Gasteiger partial charge in [-0.2, -0.15) is 10.2 Å². The Morgan fingerprint density at radius 1 is 1.18 bits per heavy atom. The third-order valence-electron chi connectivity index (χ3n) is 7.35. The van der Waals surface area contributed by atoms with Crippen molar-refractivity contribution >= 4 is 40.4 Å². The monoisotopic (exact) mass is 535 g/mol. The SMILES string of the molecule is COC[C@H]1CCCN1NC(=O)Nc1cccc2c1C(=O)C1=C(c3ccc(C(=O)N4CCNCC4)s3)N=NC12. The molecule has 3 N–H and O–H groups in total. The van der Waals surface area contributed by atoms with Crippen LogP contribution in [-0.2, 0) is 4.74 Å². The lowest BCUT2D eigenvalue weighted by Gasteiger charge is -2.26. The van der Waals surface area contributed by atoms with Crippen LogP contribution in [0.4, 0.5) is 10.5 Å². The predicted octanol–water partition coefficient (Wildman–Crippen LogP) is 3.06. The van der Waals surface area contributed by atoms with Gasteiger partial charge < -0.3 is 20.3 Å². The average Bonchev–Trinajstić information content (AvgIpc) is 3.71. The lowest BCUT2D eigenvalue weighted by Crippen LogP contribution is -2.48. The highest BCUT2D eigenvalue weighted by Gasteiger charge is 2.43. The molecule has 0 bridgehead atoms. The van der Waals surface area contributed by atoms with Crippen molar-refractivity contribution in [2.45, 2.75) is 24.9 Å². The van der Waals surface area contributed by atoms with Gasteiger partial charge in [-0.25, -0.2) is 9.80 Å². The van der Waals surface area contributed by atoms with E-state index < -0.39 is 12.1 Å². The molecule has 3 amide bonds. The minimum absolute atomic E-state index is 0.0101. The maximum Gasteiger partial charge on any atom is 0.333 e. The van der Waals surface area contributed by atoms with E-state index >= 15 is 0 Å². The predicted molar refractivity (Wildman–Crippen MR) is 142 cm³/mol. The van der Waals surface area contributed by atoms with Gasteiger partial charge in [-0.15, -0.1) is 11.3 Å². The number of anilines is 1. The fraction of sp³-hybridized carbons (Fsp3) is 0.423. The Kier molecular flexibility index (Phi) is 6.78. The summed E-state index contributed by atoms with van der Waals surface area (Å²) in [5, 5.41) is 16.7. The molecule has 2 fully saturated rings. The van der Waals surface area contributed by atoms with Crippen LogP contribution in [0.2, 0.25) is 0 Å². The van der Waals surface area contributed by atoms with E-state index in [1.165, 1.54) is 11.3 Å². The Morgan fingerprint density at radius 3 is 2.84 bits per heavy atom. The van der Waals surface area contributed by atoms with E-state index in [1.807, 2.05) is 22.0 Å². The molecule has 1 unspecified atom stereocenters. The van der Waals surface area contributed by atoms with Gasteiger partial charge >= 0.3 is 6.03 Å². The number of Topliss-reactive ketones (excluding diaryl/α,β-unsaturated/α-hetero) is 1. The molecule has 12 heteroatoms. The summed E-state index contributed by atoms with van der Waals surface area (Å²) < 4.78 is 5.26. The second-order valence-electron chi connectivity index (χ2n) is 9.70. The largest absolute Gasteiger partial charge is 0.383 e. The Balaban J connectivity index is 1.22. The van der Waals surface area contributed by atoms with Crippen LogP contribution in [-0.4, -0.2) is 80.1 Å². The number of carbonyl (C=O) groups is 3. The van der Waals surface area contributed by atoms with Crippen LogP contribution >= 0.6 is 11.3 Å². The van der Waals surface area contributed by atoms with Crippen LogP contribution < -0.4 is 16.1 Å². The number of ether oxygens (including phenoxy) is 1. The average molecular weight is 536 g/mol. The third-order valence-corrected chi connectivity index (χ3v) is 8.43. The molecular formula is C26H29N7O4S. The number of benzene rings is 1. The van der Waals surface area contributed by atoms with Crippen molar-refractivity contribution in [3.8, 4) is 0 Å². The number of carbonyl (C=O) groups excluding carboxylic acids is 3. The first-order valence-electron chi connectivity index (χ1n) is 12.8. The van der Waals surface area contributed by atoms with Gasteiger partial charge in [-0.3, -0.25) is 15.0 Å². The molecular weight excluding hydrogens is 506 g/mol. The zero-order valence-corrected chi connectivity index (χ0v) is 21.8. The maximum absolute atomic E-state index is 13.7. The summed E-state index contributed by atoms with van der Waals surface area (Å²) in [6.45, 7) is 4.18. The minimum Gasteiger partial charge on any atom is -0.383 e. The number of ketones is 1. The Hall–Kier alpha value is -3.45. The molecule has 3 aliphatic heterocycles. The fourth-order valence-corrected chi connectivity index (χ4v) is 6.48. The summed E-state index contributed by atoms with van der Waals surface area (Å²) >= 11 is 1.33. The molecule has 0 saturated carbocycles. The van der Waals surface area contributed by atoms with E-state index in [1.54, 1.807) is 25.3 Å². The highest BCUT2D eigenvalue weighted by atomic mass is 32.1. The number of hydrogen-bond acceptors (Lipinski definition) is 9. The van der Waals surface area contributed by atoms with E-state index in [4.69, 9.17) is 4.74 Å². The molecule has 4 heterocycles. The molecule has 0 radical (unpaired) electrons. The lowest BCUT2D eigenvalue weighted by molar-refractivity contribution is 0.0740. The summed E-state index contributed by atoms with van der Waals surface area (Å²) in [6.07, 6.45) is 1.92. The molecule has 0 spiro atoms. The zero-order chi connectivity index (χ0) is 26.2. The van der Waals surface area contributed by atoms with Crippen LogP contribution in [0.3, 0.4) is 0 Å². The van der Waals surface area contributed by atoms with Crippen LogP contribution in [0.1, 0.15) is 49.4 Å². The first kappa shape index (κ1) is 24.9. The quantitative estimate of drug-likeness (QED) is 0.522. The summed E-state index contributed by atoms with van der Waals surface area (Å²) in [6, 6.07) is 8.19. The Bertz CT molecular complexity index is 1350. The van der Waals surface area contributed by atoms with Gasteiger partial charge in [0.2, 0.25) is 0 Å². The normalized spacial score (nSPS) is 22.7. The number of nitrogens with zero attached hydrogens (tertiary/aromatic N) is 4. The van der Waals surface area contributed by atoms with E-state index in [-0.39, 0.29) is 17.7 Å². The Labute approximate surface area is 223 Å². The van der Waals surface area contributed by atoms with E-state index in [2.05, 4.69) is 26.3 Å². The number of hydrogen-bond donors (Lipinski definition) is 3. The zero-order valence-electron chi connectivity index (χ0n) is 21.0. The standard InChI is InChI=1S/C26H29N7O4S/c1-37-14-15-4-3-11-33(15)31-26(36)28-17-6-2-5-16-20(17)24(34)21-22(16)29-30-23(21)18-7-8-19(38-18)25(35)32-12-9-27-10-13-32/h2,5-8,15,22,27H,3-4,9-14H2,1H3,(H2,28,31,36)/t15-,22?/m1/s1. The molecule has 198 valence electrons. The smallest absolute Gasteiger partial charge is 0.333 e. The van der Waals surface area contributed by atoms with Gasteiger partial charge in [0.1, 0.15) is 11.7 Å². The van der Waals surface area contributed by atoms with Crippen LogP contribution in [0.25, 0.3) is 5.70 Å². The molecule has 2 aromatic rings. The molecule has 38 heavy (non-hydrogen) atoms. The molecule has 2 saturated heterocycles. The first-order valence-corrected chi connectivity index (χ1v) is 13.6. The number of amides is 3. The number of hydrazine groups is 1. The van der Waals surface area contributed by atoms with Gasteiger partial charge in [-0.1, -0.05) is 12.1 Å². The van der Waals surface area contributed by atoms with Gasteiger partial charge in [0.25, 0.3) is 5.91 Å². The van der Waals surface area contributed by atoms with E-state index in [9.17, 15) is 14.4 Å². The molecule has 6 rings (SSSR count). The number of fused-ring (bicyclic) bond motifs is 3. The van der Waals surface area contributed by atoms with Crippen molar-refractivity contribution < 1.29 is 19.1 Å².